The van der Waals surface area contributed by atoms with E-state index in [2.05, 4.69) is 5.32 Å². The average Bonchev–Trinajstić information content (AvgIpc) is 2.76. The van der Waals surface area contributed by atoms with E-state index in [0.717, 1.165) is 5.56 Å². The number of carbonyl (C=O) groups is 2. The van der Waals surface area contributed by atoms with E-state index in [4.69, 9.17) is 14.2 Å². The summed E-state index contributed by atoms with van der Waals surface area (Å²) >= 11 is 0. The van der Waals surface area contributed by atoms with E-state index in [1.54, 1.807) is 19.1 Å². The van der Waals surface area contributed by atoms with E-state index < -0.39 is 35.7 Å². The Morgan fingerprint density at radius 1 is 1.03 bits per heavy atom. The number of amides is 2. The Kier molecular flexibility index (Phi) is 6.46. The molecule has 0 aliphatic carbocycles. The van der Waals surface area contributed by atoms with Crippen LogP contribution in [0.4, 0.5) is 18.0 Å². The van der Waals surface area contributed by atoms with Crippen LogP contribution >= 0.6 is 0 Å². The normalized spacial score (nSPS) is 22.7. The predicted molar refractivity (Wildman–Crippen MR) is 111 cm³/mol. The monoisotopic (exact) mass is 468 g/mol. The Bertz CT molecular complexity index is 1030. The molecule has 1 aliphatic heterocycles. The molecule has 3 atom stereocenters. The fourth-order valence-corrected chi connectivity index (χ4v) is 3.80. The summed E-state index contributed by atoms with van der Waals surface area (Å²) in [5.41, 5.74) is -3.09. The zero-order chi connectivity index (χ0) is 24.6. The van der Waals surface area contributed by atoms with E-state index in [1.807, 2.05) is 0 Å². The van der Waals surface area contributed by atoms with Crippen LogP contribution in [0.3, 0.4) is 0 Å². The highest BCUT2D eigenvalue weighted by Crippen LogP contribution is 2.47. The third-order valence-electron chi connectivity index (χ3n) is 5.47. The van der Waals surface area contributed by atoms with E-state index in [9.17, 15) is 27.9 Å². The number of Topliss-reactive ketones (excluding diaryl/α,β-unsaturated/α-hetero) is 1. The highest BCUT2D eigenvalue weighted by atomic mass is 19.4. The number of ketones is 1. The molecule has 0 radical (unpaired) electrons. The van der Waals surface area contributed by atoms with Crippen molar-refractivity contribution in [1.29, 1.82) is 0 Å². The average molecular weight is 468 g/mol. The Morgan fingerprint density at radius 2 is 1.58 bits per heavy atom. The van der Waals surface area contributed by atoms with Crippen molar-refractivity contribution in [1.82, 2.24) is 10.6 Å². The molecule has 8 nitrogen and oxygen atoms in total. The fourth-order valence-electron chi connectivity index (χ4n) is 3.80. The third kappa shape index (κ3) is 4.28. The summed E-state index contributed by atoms with van der Waals surface area (Å²) in [6.45, 7) is 1.75. The zero-order valence-electron chi connectivity index (χ0n) is 18.2. The van der Waals surface area contributed by atoms with Gasteiger partial charge in [-0.2, -0.15) is 13.2 Å². The van der Waals surface area contributed by atoms with Crippen LogP contribution in [0.25, 0.3) is 0 Å². The first-order valence-electron chi connectivity index (χ1n) is 9.75. The van der Waals surface area contributed by atoms with Gasteiger partial charge >= 0.3 is 12.2 Å². The lowest BCUT2D eigenvalue weighted by Crippen LogP contribution is -2.72. The van der Waals surface area contributed by atoms with Gasteiger partial charge < -0.3 is 30.0 Å². The lowest BCUT2D eigenvalue weighted by Gasteiger charge is -2.45. The quantitative estimate of drug-likeness (QED) is 0.563. The van der Waals surface area contributed by atoms with Crippen molar-refractivity contribution in [3.8, 4) is 17.2 Å². The summed E-state index contributed by atoms with van der Waals surface area (Å²) in [4.78, 5) is 25.6. The number of ether oxygens (including phenoxy) is 3. The highest BCUT2D eigenvalue weighted by molar-refractivity contribution is 6.00. The van der Waals surface area contributed by atoms with Crippen LogP contribution in [0.5, 0.6) is 17.2 Å². The summed E-state index contributed by atoms with van der Waals surface area (Å²) in [7, 11) is 3.96. The standard InChI is InChI=1S/C22H23F3N2O6/c1-11-5-7-12(8-6-11)18(28)16-17(26-20(29)27-21(16,30)22(23,24)25)13-9-14(31-2)19(33-4)15(10-13)32-3/h5-10,16-17,30H,1-4H3,(H2,26,27,29)/t16-,17-,21+/m0/s1. The van der Waals surface area contributed by atoms with E-state index in [-0.39, 0.29) is 28.4 Å². The molecule has 2 amide bonds. The van der Waals surface area contributed by atoms with Gasteiger partial charge in [-0.25, -0.2) is 4.79 Å². The van der Waals surface area contributed by atoms with Gasteiger partial charge in [0.15, 0.2) is 17.3 Å². The molecule has 2 aromatic rings. The molecule has 3 rings (SSSR count). The number of nitrogens with one attached hydrogen (secondary N) is 2. The second-order valence-corrected chi connectivity index (χ2v) is 7.51. The number of aliphatic hydroxyl groups is 1. The van der Waals surface area contributed by atoms with Crippen molar-refractivity contribution in [3.63, 3.8) is 0 Å². The van der Waals surface area contributed by atoms with Gasteiger partial charge in [0.2, 0.25) is 11.5 Å². The molecule has 1 aliphatic rings. The number of methoxy groups -OCH3 is 3. The number of aryl methyl sites for hydroxylation is 1. The molecule has 1 heterocycles. The van der Waals surface area contributed by atoms with Crippen molar-refractivity contribution >= 4 is 11.8 Å². The van der Waals surface area contributed by atoms with Gasteiger partial charge in [-0.1, -0.05) is 29.8 Å². The molecule has 0 spiro atoms. The van der Waals surface area contributed by atoms with Gasteiger partial charge in [-0.05, 0) is 24.6 Å². The Labute approximate surface area is 187 Å². The second-order valence-electron chi connectivity index (χ2n) is 7.51. The van der Waals surface area contributed by atoms with Crippen molar-refractivity contribution in [3.05, 3.63) is 53.1 Å². The SMILES string of the molecule is COc1cc([C@@H]2NC(=O)N[C@](O)(C(F)(F)F)[C@@H]2C(=O)c2ccc(C)cc2)cc(OC)c1OC. The minimum Gasteiger partial charge on any atom is -0.493 e. The molecule has 0 unspecified atom stereocenters. The number of benzene rings is 2. The molecule has 0 bridgehead atoms. The van der Waals surface area contributed by atoms with Crippen molar-refractivity contribution in [2.45, 2.75) is 24.9 Å². The van der Waals surface area contributed by atoms with Crippen LogP contribution in [-0.4, -0.2) is 50.2 Å². The highest BCUT2D eigenvalue weighted by Gasteiger charge is 2.66. The molecule has 1 saturated heterocycles. The maximum atomic E-state index is 14.1. The Hall–Kier alpha value is -3.47. The fraction of sp³-hybridized carbons (Fsp3) is 0.364. The summed E-state index contributed by atoms with van der Waals surface area (Å²) in [5.74, 6) is -2.85. The molecular formula is C22H23F3N2O6. The predicted octanol–water partition coefficient (Wildman–Crippen LogP) is 3.12. The number of hydrogen-bond donors (Lipinski definition) is 3. The lowest BCUT2D eigenvalue weighted by atomic mass is 9.77. The van der Waals surface area contributed by atoms with Crippen LogP contribution in [-0.2, 0) is 0 Å². The molecule has 1 fully saturated rings. The second kappa shape index (κ2) is 8.81. The van der Waals surface area contributed by atoms with Gasteiger partial charge in [0.05, 0.1) is 27.4 Å². The minimum atomic E-state index is -5.37. The van der Waals surface area contributed by atoms with Crippen molar-refractivity contribution in [2.24, 2.45) is 5.92 Å². The maximum absolute atomic E-state index is 14.1. The number of alkyl halides is 3. The maximum Gasteiger partial charge on any atom is 0.437 e. The largest absolute Gasteiger partial charge is 0.493 e. The topological polar surface area (TPSA) is 106 Å². The molecule has 33 heavy (non-hydrogen) atoms. The number of rotatable bonds is 6. The van der Waals surface area contributed by atoms with Gasteiger partial charge in [0.1, 0.15) is 5.92 Å². The minimum absolute atomic E-state index is 0.0347. The van der Waals surface area contributed by atoms with Gasteiger partial charge in [-0.15, -0.1) is 0 Å². The molecule has 178 valence electrons. The van der Waals surface area contributed by atoms with Gasteiger partial charge in [0.25, 0.3) is 0 Å². The van der Waals surface area contributed by atoms with Crippen LogP contribution in [0.1, 0.15) is 27.5 Å². The van der Waals surface area contributed by atoms with E-state index in [0.29, 0.717) is 0 Å². The molecule has 0 aromatic heterocycles. The molecule has 0 saturated carbocycles. The van der Waals surface area contributed by atoms with Gasteiger partial charge in [-0.3, -0.25) is 4.79 Å². The number of hydrogen-bond acceptors (Lipinski definition) is 6. The third-order valence-corrected chi connectivity index (χ3v) is 5.47. The van der Waals surface area contributed by atoms with Crippen molar-refractivity contribution < 1.29 is 42.1 Å². The van der Waals surface area contributed by atoms with E-state index in [1.165, 1.54) is 50.9 Å². The van der Waals surface area contributed by atoms with Crippen LogP contribution < -0.4 is 24.8 Å². The number of urea groups is 1. The summed E-state index contributed by atoms with van der Waals surface area (Å²) in [6.07, 6.45) is -5.37. The number of halogens is 3. The first-order valence-corrected chi connectivity index (χ1v) is 9.75. The van der Waals surface area contributed by atoms with Gasteiger partial charge in [0, 0.05) is 5.56 Å². The first-order chi connectivity index (χ1) is 15.5. The van der Waals surface area contributed by atoms with Crippen molar-refractivity contribution in [2.75, 3.05) is 21.3 Å². The lowest BCUT2D eigenvalue weighted by molar-refractivity contribution is -0.287. The van der Waals surface area contributed by atoms with Crippen LogP contribution in [0.2, 0.25) is 0 Å². The Morgan fingerprint density at radius 3 is 2.03 bits per heavy atom. The van der Waals surface area contributed by atoms with Crippen LogP contribution in [0, 0.1) is 12.8 Å². The summed E-state index contributed by atoms with van der Waals surface area (Å²) in [5, 5.41) is 14.5. The van der Waals surface area contributed by atoms with E-state index >= 15 is 0 Å². The first kappa shape index (κ1) is 24.2. The molecule has 11 heteroatoms. The smallest absolute Gasteiger partial charge is 0.437 e. The summed E-state index contributed by atoms with van der Waals surface area (Å²) in [6, 6.07) is 5.56. The Balaban J connectivity index is 2.24. The molecule has 3 N–H and O–H groups in total. The number of carbonyl (C=O) groups excluding carboxylic acids is 2. The van der Waals surface area contributed by atoms with Crippen LogP contribution in [0.15, 0.2) is 36.4 Å². The summed E-state index contributed by atoms with van der Waals surface area (Å²) < 4.78 is 57.9. The molecular weight excluding hydrogens is 445 g/mol. The zero-order valence-corrected chi connectivity index (χ0v) is 18.2. The molecule has 2 aromatic carbocycles.